The van der Waals surface area contributed by atoms with Crippen LogP contribution in [0, 0.1) is 0 Å². The van der Waals surface area contributed by atoms with Crippen LogP contribution in [0.15, 0.2) is 36.4 Å². The van der Waals surface area contributed by atoms with E-state index in [1.807, 2.05) is 0 Å². The number of halogens is 4. The zero-order chi connectivity index (χ0) is 22.6. The number of unbranched alkanes of at least 4 members (excludes halogenated alkanes) is 1. The van der Waals surface area contributed by atoms with Crippen LogP contribution in [0.3, 0.4) is 0 Å². The third-order valence-corrected chi connectivity index (χ3v) is 5.49. The molecule has 1 N–H and O–H groups in total. The topological polar surface area (TPSA) is 65.0 Å². The Morgan fingerprint density at radius 2 is 1.94 bits per heavy atom. The highest BCUT2D eigenvalue weighted by Crippen LogP contribution is 2.39. The lowest BCUT2D eigenvalue weighted by Gasteiger charge is -2.21. The summed E-state index contributed by atoms with van der Waals surface area (Å²) >= 11 is 6.05. The fourth-order valence-corrected chi connectivity index (χ4v) is 3.71. The number of fused-ring (bicyclic) bond motifs is 1. The van der Waals surface area contributed by atoms with Crippen LogP contribution in [-0.2, 0) is 17.6 Å². The SMILES string of the molecule is CC[C@@]1(C(=O)O)Cc2cc(OCCCCc3ccc(OC(F)(F)F)cc3Cl)ccc2O1. The van der Waals surface area contributed by atoms with E-state index in [1.165, 1.54) is 12.1 Å². The Kier molecular flexibility index (Phi) is 6.89. The van der Waals surface area contributed by atoms with E-state index < -0.39 is 17.9 Å². The van der Waals surface area contributed by atoms with Crippen LogP contribution >= 0.6 is 11.6 Å². The number of ether oxygens (including phenoxy) is 3. The molecule has 3 rings (SSSR count). The van der Waals surface area contributed by atoms with Crippen LogP contribution in [0.25, 0.3) is 0 Å². The highest BCUT2D eigenvalue weighted by atomic mass is 35.5. The Morgan fingerprint density at radius 1 is 1.19 bits per heavy atom. The fraction of sp³-hybridized carbons (Fsp3) is 0.409. The van der Waals surface area contributed by atoms with Crippen molar-refractivity contribution in [3.8, 4) is 17.2 Å². The van der Waals surface area contributed by atoms with Gasteiger partial charge in [0.15, 0.2) is 0 Å². The molecule has 0 bridgehead atoms. The van der Waals surface area contributed by atoms with Crippen LogP contribution < -0.4 is 14.2 Å². The second-order valence-electron chi connectivity index (χ2n) is 7.31. The maximum atomic E-state index is 12.3. The van der Waals surface area contributed by atoms with Gasteiger partial charge >= 0.3 is 12.3 Å². The summed E-state index contributed by atoms with van der Waals surface area (Å²) in [5, 5.41) is 9.68. The van der Waals surface area contributed by atoms with Crippen molar-refractivity contribution in [3.63, 3.8) is 0 Å². The third-order valence-electron chi connectivity index (χ3n) is 5.14. The summed E-state index contributed by atoms with van der Waals surface area (Å²) in [5.41, 5.74) is 0.311. The summed E-state index contributed by atoms with van der Waals surface area (Å²) in [6, 6.07) is 9.17. The van der Waals surface area contributed by atoms with Crippen molar-refractivity contribution in [2.24, 2.45) is 0 Å². The first-order valence-electron chi connectivity index (χ1n) is 9.84. The summed E-state index contributed by atoms with van der Waals surface area (Å²) in [6.07, 6.45) is -2.08. The minimum atomic E-state index is -4.75. The highest BCUT2D eigenvalue weighted by Gasteiger charge is 2.45. The van der Waals surface area contributed by atoms with Crippen LogP contribution in [0.1, 0.15) is 37.3 Å². The summed E-state index contributed by atoms with van der Waals surface area (Å²) < 4.78 is 52.0. The lowest BCUT2D eigenvalue weighted by atomic mass is 9.94. The molecule has 168 valence electrons. The molecular formula is C22H22ClF3O5. The molecule has 0 saturated heterocycles. The van der Waals surface area contributed by atoms with E-state index in [2.05, 4.69) is 4.74 Å². The molecule has 0 fully saturated rings. The van der Waals surface area contributed by atoms with Crippen LogP contribution in [0.5, 0.6) is 17.2 Å². The smallest absolute Gasteiger partial charge is 0.494 e. The van der Waals surface area contributed by atoms with Gasteiger partial charge in [-0.2, -0.15) is 0 Å². The molecule has 0 aliphatic carbocycles. The number of carboxylic acids is 1. The number of hydrogen-bond donors (Lipinski definition) is 1. The number of hydrogen-bond acceptors (Lipinski definition) is 4. The minimum absolute atomic E-state index is 0.221. The molecule has 1 aliphatic rings. The molecule has 9 heteroatoms. The first kappa shape index (κ1) is 23.1. The molecule has 0 unspecified atom stereocenters. The monoisotopic (exact) mass is 458 g/mol. The molecule has 5 nitrogen and oxygen atoms in total. The highest BCUT2D eigenvalue weighted by molar-refractivity contribution is 6.31. The molecule has 1 atom stereocenters. The van der Waals surface area contributed by atoms with Crippen molar-refractivity contribution in [1.82, 2.24) is 0 Å². The second kappa shape index (κ2) is 9.26. The van der Waals surface area contributed by atoms with Gasteiger partial charge in [-0.1, -0.05) is 24.6 Å². The Morgan fingerprint density at radius 3 is 2.58 bits per heavy atom. The van der Waals surface area contributed by atoms with Crippen molar-refractivity contribution in [3.05, 3.63) is 52.5 Å². The zero-order valence-corrected chi connectivity index (χ0v) is 17.6. The third kappa shape index (κ3) is 5.76. The van der Waals surface area contributed by atoms with Gasteiger partial charge in [0, 0.05) is 17.0 Å². The zero-order valence-electron chi connectivity index (χ0n) is 16.8. The Labute approximate surface area is 182 Å². The van der Waals surface area contributed by atoms with Gasteiger partial charge in [0.2, 0.25) is 5.60 Å². The van der Waals surface area contributed by atoms with Crippen LogP contribution in [0.4, 0.5) is 13.2 Å². The summed E-state index contributed by atoms with van der Waals surface area (Å²) in [7, 11) is 0. The number of carbonyl (C=O) groups is 1. The number of rotatable bonds is 9. The molecule has 1 aliphatic heterocycles. The van der Waals surface area contributed by atoms with E-state index in [4.69, 9.17) is 21.1 Å². The maximum Gasteiger partial charge on any atom is 0.573 e. The predicted octanol–water partition coefficient (Wildman–Crippen LogP) is 5.81. The van der Waals surface area contributed by atoms with Crippen molar-refractivity contribution in [1.29, 1.82) is 0 Å². The van der Waals surface area contributed by atoms with E-state index in [1.54, 1.807) is 25.1 Å². The van der Waals surface area contributed by atoms with Gasteiger partial charge in [0.05, 0.1) is 6.61 Å². The first-order chi connectivity index (χ1) is 14.6. The van der Waals surface area contributed by atoms with Gasteiger partial charge in [-0.15, -0.1) is 13.2 Å². The largest absolute Gasteiger partial charge is 0.573 e. The van der Waals surface area contributed by atoms with Crippen molar-refractivity contribution >= 4 is 17.6 Å². The minimum Gasteiger partial charge on any atom is -0.494 e. The number of aliphatic carboxylic acids is 1. The molecule has 0 spiro atoms. The van der Waals surface area contributed by atoms with Crippen molar-refractivity contribution in [2.75, 3.05) is 6.61 Å². The van der Waals surface area contributed by atoms with E-state index in [0.29, 0.717) is 37.4 Å². The average Bonchev–Trinajstić information content (AvgIpc) is 3.07. The van der Waals surface area contributed by atoms with Crippen molar-refractivity contribution in [2.45, 2.75) is 51.0 Å². The standard InChI is InChI=1S/C22H22ClF3O5/c1-2-21(20(27)28)13-15-11-16(8-9-19(15)31-21)29-10-4-3-5-14-6-7-17(12-18(14)23)30-22(24,25)26/h6-9,11-12H,2-5,10,13H2,1H3,(H,27,28)/t21-/m0/s1. The molecule has 0 radical (unpaired) electrons. The molecular weight excluding hydrogens is 437 g/mol. The second-order valence-corrected chi connectivity index (χ2v) is 7.72. The Bertz CT molecular complexity index is 947. The summed E-state index contributed by atoms with van der Waals surface area (Å²) in [5.74, 6) is -0.138. The quantitative estimate of drug-likeness (QED) is 0.480. The molecule has 0 saturated carbocycles. The van der Waals surface area contributed by atoms with Gasteiger partial charge < -0.3 is 19.3 Å². The number of aryl methyl sites for hydroxylation is 1. The van der Waals surface area contributed by atoms with E-state index in [-0.39, 0.29) is 17.2 Å². The molecule has 2 aromatic rings. The Hall–Kier alpha value is -2.61. The van der Waals surface area contributed by atoms with Gasteiger partial charge in [-0.3, -0.25) is 0 Å². The Balaban J connectivity index is 1.46. The number of benzene rings is 2. The van der Waals surface area contributed by atoms with Crippen LogP contribution in [-0.4, -0.2) is 29.6 Å². The van der Waals surface area contributed by atoms with Gasteiger partial charge in [-0.25, -0.2) is 4.79 Å². The van der Waals surface area contributed by atoms with E-state index in [0.717, 1.165) is 23.6 Å². The molecule has 0 aromatic heterocycles. The molecule has 2 aromatic carbocycles. The number of carboxylic acid groups (broad SMARTS) is 1. The lowest BCUT2D eigenvalue weighted by Crippen LogP contribution is -2.42. The lowest BCUT2D eigenvalue weighted by molar-refractivity contribution is -0.274. The molecule has 1 heterocycles. The van der Waals surface area contributed by atoms with E-state index in [9.17, 15) is 23.1 Å². The molecule has 0 amide bonds. The predicted molar refractivity (Wildman–Crippen MR) is 108 cm³/mol. The fourth-order valence-electron chi connectivity index (χ4n) is 3.44. The first-order valence-corrected chi connectivity index (χ1v) is 10.2. The van der Waals surface area contributed by atoms with Crippen LogP contribution in [0.2, 0.25) is 5.02 Å². The summed E-state index contributed by atoms with van der Waals surface area (Å²) in [4.78, 5) is 11.6. The summed E-state index contributed by atoms with van der Waals surface area (Å²) in [6.45, 7) is 2.21. The average molecular weight is 459 g/mol. The number of alkyl halides is 3. The maximum absolute atomic E-state index is 12.3. The van der Waals surface area contributed by atoms with Crippen molar-refractivity contribution < 1.29 is 37.3 Å². The van der Waals surface area contributed by atoms with Gasteiger partial charge in [0.25, 0.3) is 0 Å². The molecule has 31 heavy (non-hydrogen) atoms. The van der Waals surface area contributed by atoms with Gasteiger partial charge in [-0.05, 0) is 61.6 Å². The van der Waals surface area contributed by atoms with Gasteiger partial charge in [0.1, 0.15) is 17.2 Å². The normalized spacial score (nSPS) is 17.7. The van der Waals surface area contributed by atoms with E-state index >= 15 is 0 Å².